The van der Waals surface area contributed by atoms with Crippen molar-refractivity contribution in [3.8, 4) is 0 Å². The SMILES string of the molecule is C[C@@H](Nc1cc(Cl)nc(SCc2cccc(F)c2F)n1)C(O)CO. The van der Waals surface area contributed by atoms with Gasteiger partial charge in [-0.25, -0.2) is 18.7 Å². The van der Waals surface area contributed by atoms with E-state index >= 15 is 0 Å². The number of hydrogen-bond acceptors (Lipinski definition) is 6. The molecule has 24 heavy (non-hydrogen) atoms. The molecule has 0 radical (unpaired) electrons. The van der Waals surface area contributed by atoms with E-state index < -0.39 is 30.4 Å². The van der Waals surface area contributed by atoms with Gasteiger partial charge >= 0.3 is 0 Å². The molecule has 0 amide bonds. The third-order valence-electron chi connectivity index (χ3n) is 3.20. The highest BCUT2D eigenvalue weighted by Crippen LogP contribution is 2.25. The third kappa shape index (κ3) is 5.01. The van der Waals surface area contributed by atoms with Gasteiger partial charge in [0.2, 0.25) is 0 Å². The van der Waals surface area contributed by atoms with E-state index in [4.69, 9.17) is 16.7 Å². The summed E-state index contributed by atoms with van der Waals surface area (Å²) in [4.78, 5) is 8.23. The number of thioether (sulfide) groups is 1. The molecule has 1 aromatic heterocycles. The maximum absolute atomic E-state index is 13.6. The van der Waals surface area contributed by atoms with E-state index in [9.17, 15) is 13.9 Å². The van der Waals surface area contributed by atoms with Gasteiger partial charge in [0.25, 0.3) is 0 Å². The van der Waals surface area contributed by atoms with Gasteiger partial charge < -0.3 is 15.5 Å². The Hall–Kier alpha value is -1.48. The maximum Gasteiger partial charge on any atom is 0.191 e. The van der Waals surface area contributed by atoms with Crippen LogP contribution in [0.15, 0.2) is 29.4 Å². The van der Waals surface area contributed by atoms with Crippen LogP contribution in [0.2, 0.25) is 5.15 Å². The molecular weight excluding hydrogens is 360 g/mol. The van der Waals surface area contributed by atoms with Gasteiger partial charge in [0.1, 0.15) is 11.0 Å². The molecule has 5 nitrogen and oxygen atoms in total. The van der Waals surface area contributed by atoms with Gasteiger partial charge in [0.15, 0.2) is 16.8 Å². The Morgan fingerprint density at radius 1 is 1.33 bits per heavy atom. The zero-order chi connectivity index (χ0) is 17.7. The highest BCUT2D eigenvalue weighted by Gasteiger charge is 2.15. The smallest absolute Gasteiger partial charge is 0.191 e. The molecule has 0 saturated carbocycles. The van der Waals surface area contributed by atoms with Crippen LogP contribution in [0.4, 0.5) is 14.6 Å². The summed E-state index contributed by atoms with van der Waals surface area (Å²) in [5.74, 6) is -1.31. The molecule has 2 rings (SSSR count). The number of rotatable bonds is 7. The summed E-state index contributed by atoms with van der Waals surface area (Å²) in [7, 11) is 0. The Bertz CT molecular complexity index is 708. The number of hydrogen-bond donors (Lipinski definition) is 3. The lowest BCUT2D eigenvalue weighted by molar-refractivity contribution is 0.0837. The molecule has 0 spiro atoms. The highest BCUT2D eigenvalue weighted by atomic mass is 35.5. The number of aliphatic hydroxyl groups excluding tert-OH is 2. The first-order chi connectivity index (χ1) is 11.4. The lowest BCUT2D eigenvalue weighted by Gasteiger charge is -2.19. The van der Waals surface area contributed by atoms with E-state index in [2.05, 4.69) is 15.3 Å². The van der Waals surface area contributed by atoms with Gasteiger partial charge in [-0.3, -0.25) is 0 Å². The number of benzene rings is 1. The van der Waals surface area contributed by atoms with Gasteiger partial charge in [0.05, 0.1) is 18.8 Å². The summed E-state index contributed by atoms with van der Waals surface area (Å²) < 4.78 is 26.8. The lowest BCUT2D eigenvalue weighted by Crippen LogP contribution is -2.33. The minimum absolute atomic E-state index is 0.137. The summed E-state index contributed by atoms with van der Waals surface area (Å²) in [6, 6.07) is 4.97. The number of aliphatic hydroxyl groups is 2. The van der Waals surface area contributed by atoms with Crippen molar-refractivity contribution in [3.63, 3.8) is 0 Å². The van der Waals surface area contributed by atoms with Crippen LogP contribution in [0.5, 0.6) is 0 Å². The van der Waals surface area contributed by atoms with E-state index in [1.807, 2.05) is 0 Å². The van der Waals surface area contributed by atoms with Crippen molar-refractivity contribution in [3.05, 3.63) is 46.6 Å². The minimum Gasteiger partial charge on any atom is -0.394 e. The van der Waals surface area contributed by atoms with E-state index in [1.165, 1.54) is 18.2 Å². The molecule has 0 bridgehead atoms. The van der Waals surface area contributed by atoms with Crippen molar-refractivity contribution in [2.75, 3.05) is 11.9 Å². The topological polar surface area (TPSA) is 78.3 Å². The number of halogens is 3. The number of nitrogens with one attached hydrogen (secondary N) is 1. The second-order valence-electron chi connectivity index (χ2n) is 5.04. The zero-order valence-electron chi connectivity index (χ0n) is 12.7. The summed E-state index contributed by atoms with van der Waals surface area (Å²) in [6.07, 6.45) is -0.962. The van der Waals surface area contributed by atoms with Crippen LogP contribution in [0.25, 0.3) is 0 Å². The largest absolute Gasteiger partial charge is 0.394 e. The minimum atomic E-state index is -0.962. The standard InChI is InChI=1S/C15H16ClF2N3O2S/c1-8(11(23)6-22)19-13-5-12(16)20-15(21-13)24-7-9-3-2-4-10(17)14(9)18/h2-5,8,11,22-23H,6-7H2,1H3,(H,19,20,21)/t8-,11?/m1/s1. The van der Waals surface area contributed by atoms with Crippen molar-refractivity contribution in [2.24, 2.45) is 0 Å². The fourth-order valence-corrected chi connectivity index (χ4v) is 2.89. The van der Waals surface area contributed by atoms with Gasteiger partial charge in [0, 0.05) is 17.4 Å². The lowest BCUT2D eigenvalue weighted by atomic mass is 10.2. The van der Waals surface area contributed by atoms with Crippen molar-refractivity contribution < 1.29 is 19.0 Å². The first-order valence-corrected chi connectivity index (χ1v) is 8.42. The van der Waals surface area contributed by atoms with E-state index in [-0.39, 0.29) is 21.6 Å². The first-order valence-electron chi connectivity index (χ1n) is 7.06. The van der Waals surface area contributed by atoms with E-state index in [0.29, 0.717) is 5.82 Å². The van der Waals surface area contributed by atoms with Crippen LogP contribution in [0.1, 0.15) is 12.5 Å². The third-order valence-corrected chi connectivity index (χ3v) is 4.29. The summed E-state index contributed by atoms with van der Waals surface area (Å²) in [6.45, 7) is 1.28. The summed E-state index contributed by atoms with van der Waals surface area (Å²) in [5, 5.41) is 21.8. The molecule has 2 aromatic rings. The second kappa shape index (κ2) is 8.57. The molecule has 1 heterocycles. The van der Waals surface area contributed by atoms with Crippen molar-refractivity contribution in [1.82, 2.24) is 9.97 Å². The van der Waals surface area contributed by atoms with Crippen molar-refractivity contribution in [1.29, 1.82) is 0 Å². The van der Waals surface area contributed by atoms with Crippen LogP contribution in [-0.4, -0.2) is 38.9 Å². The van der Waals surface area contributed by atoms with E-state index in [0.717, 1.165) is 17.8 Å². The molecule has 0 saturated heterocycles. The fourth-order valence-electron chi connectivity index (χ4n) is 1.83. The highest BCUT2D eigenvalue weighted by molar-refractivity contribution is 7.98. The Kier molecular flexibility index (Phi) is 6.73. The molecule has 0 aliphatic carbocycles. The normalized spacial score (nSPS) is 13.6. The quantitative estimate of drug-likeness (QED) is 0.392. The van der Waals surface area contributed by atoms with Gasteiger partial charge in [-0.1, -0.05) is 35.5 Å². The summed E-state index contributed by atoms with van der Waals surface area (Å²) in [5.41, 5.74) is 0.196. The first kappa shape index (κ1) is 18.9. The molecule has 3 N–H and O–H groups in total. The number of anilines is 1. The van der Waals surface area contributed by atoms with Crippen LogP contribution in [-0.2, 0) is 5.75 Å². The second-order valence-corrected chi connectivity index (χ2v) is 6.37. The Morgan fingerprint density at radius 2 is 2.08 bits per heavy atom. The Morgan fingerprint density at radius 3 is 2.79 bits per heavy atom. The fraction of sp³-hybridized carbons (Fsp3) is 0.333. The predicted molar refractivity (Wildman–Crippen MR) is 89.1 cm³/mol. The van der Waals surface area contributed by atoms with Gasteiger partial charge in [-0.15, -0.1) is 0 Å². The molecule has 1 aromatic carbocycles. The van der Waals surface area contributed by atoms with Crippen LogP contribution < -0.4 is 5.32 Å². The van der Waals surface area contributed by atoms with Crippen molar-refractivity contribution >= 4 is 29.2 Å². The molecule has 0 aliphatic rings. The van der Waals surface area contributed by atoms with Crippen LogP contribution >= 0.6 is 23.4 Å². The molecule has 2 atom stereocenters. The molecule has 0 aliphatic heterocycles. The predicted octanol–water partition coefficient (Wildman–Crippen LogP) is 2.85. The maximum atomic E-state index is 13.6. The molecule has 130 valence electrons. The Balaban J connectivity index is 2.09. The van der Waals surface area contributed by atoms with Crippen molar-refractivity contribution in [2.45, 2.75) is 30.0 Å². The average Bonchev–Trinajstić information content (AvgIpc) is 2.55. The van der Waals surface area contributed by atoms with E-state index in [1.54, 1.807) is 6.92 Å². The molecule has 9 heteroatoms. The van der Waals surface area contributed by atoms with Crippen LogP contribution in [0.3, 0.4) is 0 Å². The average molecular weight is 376 g/mol. The Labute approximate surface area is 147 Å². The summed E-state index contributed by atoms with van der Waals surface area (Å²) >= 11 is 7.04. The van der Waals surface area contributed by atoms with Crippen LogP contribution in [0, 0.1) is 11.6 Å². The molecule has 0 fully saturated rings. The molecule has 1 unspecified atom stereocenters. The molecular formula is C15H16ClF2N3O2S. The number of aromatic nitrogens is 2. The van der Waals surface area contributed by atoms with Gasteiger partial charge in [-0.05, 0) is 13.0 Å². The zero-order valence-corrected chi connectivity index (χ0v) is 14.3. The van der Waals surface area contributed by atoms with Gasteiger partial charge in [-0.2, -0.15) is 0 Å². The number of nitrogens with zero attached hydrogens (tertiary/aromatic N) is 2. The monoisotopic (exact) mass is 375 g/mol.